The van der Waals surface area contributed by atoms with Gasteiger partial charge in [-0.05, 0) is 31.9 Å². The lowest BCUT2D eigenvalue weighted by atomic mass is 10.1. The highest BCUT2D eigenvalue weighted by molar-refractivity contribution is 5.96. The van der Waals surface area contributed by atoms with E-state index in [0.717, 1.165) is 5.69 Å². The summed E-state index contributed by atoms with van der Waals surface area (Å²) in [5, 5.41) is 16.5. The van der Waals surface area contributed by atoms with Crippen molar-refractivity contribution in [2.24, 2.45) is 5.73 Å². The summed E-state index contributed by atoms with van der Waals surface area (Å²) in [6, 6.07) is 0. The Morgan fingerprint density at radius 1 is 1.00 bits per heavy atom. The minimum atomic E-state index is -0.615. The highest BCUT2D eigenvalue weighted by atomic mass is 19.1. The summed E-state index contributed by atoms with van der Waals surface area (Å²) in [4.78, 5) is 34.7. The highest BCUT2D eigenvalue weighted by Gasteiger charge is 2.22. The Balaban J connectivity index is 0.000000230. The molecule has 0 atom stereocenters. The molecule has 0 saturated carbocycles. The molecule has 12 nitrogen and oxygen atoms in total. The first kappa shape index (κ1) is 29.5. The summed E-state index contributed by atoms with van der Waals surface area (Å²) in [5.74, 6) is -0.291. The van der Waals surface area contributed by atoms with Crippen LogP contribution in [-0.2, 0) is 30.7 Å². The summed E-state index contributed by atoms with van der Waals surface area (Å²) in [6.45, 7) is 6.98. The van der Waals surface area contributed by atoms with Gasteiger partial charge in [0.2, 0.25) is 0 Å². The molecule has 0 saturated heterocycles. The predicted octanol–water partition coefficient (Wildman–Crippen LogP) is 1.53. The van der Waals surface area contributed by atoms with Crippen molar-refractivity contribution >= 4 is 17.9 Å². The maximum absolute atomic E-state index is 13.0. The fourth-order valence-electron chi connectivity index (χ4n) is 3.80. The standard InChI is InChI=1S/C15H21FN4O3.C10H13FN4O/c1-15(2,3)23-14(22)18-7-10(6-16)8-20-9-11-12(19-20)4-5-17-13(11)21;11-3-7(4-12)5-15-6-8-9(14-15)1-2-13-10(8)16/h6,9H,4-5,7-8H2,1-3H3,(H,17,21)(H,18,22);3,6H,1-2,4-5,12H2,(H,13,16)/b10-6+;7-3+. The van der Waals surface area contributed by atoms with E-state index >= 15 is 0 Å². The van der Waals surface area contributed by atoms with Crippen LogP contribution in [0.1, 0.15) is 52.9 Å². The van der Waals surface area contributed by atoms with Gasteiger partial charge in [0.25, 0.3) is 11.8 Å². The molecule has 3 amide bonds. The number of aromatic nitrogens is 4. The molecule has 2 aromatic rings. The minimum Gasteiger partial charge on any atom is -0.444 e. The Morgan fingerprint density at radius 3 is 1.90 bits per heavy atom. The lowest BCUT2D eigenvalue weighted by molar-refractivity contribution is 0.0531. The van der Waals surface area contributed by atoms with Crippen molar-refractivity contribution in [3.63, 3.8) is 0 Å². The van der Waals surface area contributed by atoms with Gasteiger partial charge in [-0.3, -0.25) is 19.0 Å². The number of fused-ring (bicyclic) bond motifs is 2. The highest BCUT2D eigenvalue weighted by Crippen LogP contribution is 2.14. The molecular weight excluding hydrogens is 514 g/mol. The van der Waals surface area contributed by atoms with Crippen LogP contribution in [-0.4, -0.2) is 69.2 Å². The number of hydrogen-bond acceptors (Lipinski definition) is 7. The molecule has 212 valence electrons. The van der Waals surface area contributed by atoms with Gasteiger partial charge < -0.3 is 26.4 Å². The topological polar surface area (TPSA) is 158 Å². The van der Waals surface area contributed by atoms with Crippen LogP contribution >= 0.6 is 0 Å². The fourth-order valence-corrected chi connectivity index (χ4v) is 3.80. The van der Waals surface area contributed by atoms with Crippen molar-refractivity contribution < 1.29 is 27.9 Å². The average Bonchev–Trinajstić information content (AvgIpc) is 3.49. The molecular formula is C25H34F2N8O4. The average molecular weight is 549 g/mol. The van der Waals surface area contributed by atoms with Crippen LogP contribution in [0.15, 0.2) is 36.2 Å². The number of carbonyl (C=O) groups is 3. The van der Waals surface area contributed by atoms with Crippen LogP contribution in [0.2, 0.25) is 0 Å². The van der Waals surface area contributed by atoms with Gasteiger partial charge in [-0.1, -0.05) is 0 Å². The van der Waals surface area contributed by atoms with Crippen molar-refractivity contribution in [2.45, 2.75) is 52.3 Å². The Hall–Kier alpha value is -4.07. The fraction of sp³-hybridized carbons (Fsp3) is 0.480. The van der Waals surface area contributed by atoms with Gasteiger partial charge in [0, 0.05) is 51.4 Å². The molecule has 4 heterocycles. The van der Waals surface area contributed by atoms with Gasteiger partial charge in [-0.2, -0.15) is 10.2 Å². The largest absolute Gasteiger partial charge is 0.444 e. The molecule has 0 aromatic carbocycles. The van der Waals surface area contributed by atoms with Crippen LogP contribution in [0.25, 0.3) is 0 Å². The third-order valence-corrected chi connectivity index (χ3v) is 5.62. The number of alkyl carbamates (subject to hydrolysis) is 1. The van der Waals surface area contributed by atoms with Gasteiger partial charge in [0.05, 0.1) is 48.3 Å². The van der Waals surface area contributed by atoms with E-state index in [4.69, 9.17) is 10.5 Å². The van der Waals surface area contributed by atoms with E-state index in [1.54, 1.807) is 37.8 Å². The van der Waals surface area contributed by atoms with E-state index < -0.39 is 11.7 Å². The van der Waals surface area contributed by atoms with Crippen LogP contribution in [0.3, 0.4) is 0 Å². The maximum Gasteiger partial charge on any atom is 0.407 e. The molecule has 2 aliphatic rings. The molecule has 14 heteroatoms. The first-order valence-electron chi connectivity index (χ1n) is 12.4. The molecule has 0 aliphatic carbocycles. The zero-order valence-electron chi connectivity index (χ0n) is 22.2. The maximum atomic E-state index is 13.0. The van der Waals surface area contributed by atoms with Crippen LogP contribution in [0, 0.1) is 0 Å². The van der Waals surface area contributed by atoms with E-state index in [1.807, 2.05) is 0 Å². The van der Waals surface area contributed by atoms with Gasteiger partial charge in [-0.15, -0.1) is 0 Å². The normalized spacial score (nSPS) is 15.3. The molecule has 2 aromatic heterocycles. The molecule has 0 spiro atoms. The van der Waals surface area contributed by atoms with E-state index in [9.17, 15) is 23.2 Å². The molecule has 39 heavy (non-hydrogen) atoms. The molecule has 5 N–H and O–H groups in total. The van der Waals surface area contributed by atoms with Crippen LogP contribution in [0.5, 0.6) is 0 Å². The Kier molecular flexibility index (Phi) is 9.93. The number of amides is 3. The van der Waals surface area contributed by atoms with Crippen molar-refractivity contribution in [3.8, 4) is 0 Å². The summed E-state index contributed by atoms with van der Waals surface area (Å²) >= 11 is 0. The molecule has 4 rings (SSSR count). The number of halogens is 2. The number of hydrogen-bond donors (Lipinski definition) is 4. The zero-order valence-corrected chi connectivity index (χ0v) is 22.2. The zero-order chi connectivity index (χ0) is 28.6. The van der Waals surface area contributed by atoms with Crippen molar-refractivity contribution in [1.29, 1.82) is 0 Å². The quantitative estimate of drug-likeness (QED) is 0.408. The van der Waals surface area contributed by atoms with Crippen molar-refractivity contribution in [2.75, 3.05) is 26.2 Å². The SMILES string of the molecule is CC(C)(C)OC(=O)NC/C(=C\F)Cn1cc2c(n1)CCNC2=O.NC/C(=C\F)Cn1cc2c(n1)CCNC2=O. The van der Waals surface area contributed by atoms with Crippen LogP contribution in [0.4, 0.5) is 13.6 Å². The van der Waals surface area contributed by atoms with Gasteiger partial charge in [0.15, 0.2) is 0 Å². The number of rotatable bonds is 7. The van der Waals surface area contributed by atoms with E-state index in [0.29, 0.717) is 66.6 Å². The third kappa shape index (κ3) is 8.46. The summed E-state index contributed by atoms with van der Waals surface area (Å²) in [6.07, 6.45) is 4.88. The molecule has 0 unspecified atom stereocenters. The van der Waals surface area contributed by atoms with Crippen molar-refractivity contribution in [1.82, 2.24) is 35.5 Å². The smallest absolute Gasteiger partial charge is 0.407 e. The first-order valence-corrected chi connectivity index (χ1v) is 12.4. The first-order chi connectivity index (χ1) is 18.5. The second kappa shape index (κ2) is 13.1. The number of nitrogens with zero attached hydrogens (tertiary/aromatic N) is 4. The number of ether oxygens (including phenoxy) is 1. The van der Waals surface area contributed by atoms with E-state index in [2.05, 4.69) is 26.1 Å². The summed E-state index contributed by atoms with van der Waals surface area (Å²) < 4.78 is 33.5. The second-order valence-electron chi connectivity index (χ2n) is 9.98. The molecule has 2 aliphatic heterocycles. The van der Waals surface area contributed by atoms with Crippen LogP contribution < -0.4 is 21.7 Å². The monoisotopic (exact) mass is 548 g/mol. The Bertz CT molecular complexity index is 1260. The van der Waals surface area contributed by atoms with E-state index in [1.165, 1.54) is 4.68 Å². The van der Waals surface area contributed by atoms with Gasteiger partial charge in [-0.25, -0.2) is 13.6 Å². The van der Waals surface area contributed by atoms with Gasteiger partial charge >= 0.3 is 6.09 Å². The Morgan fingerprint density at radius 2 is 1.49 bits per heavy atom. The molecule has 0 radical (unpaired) electrons. The third-order valence-electron chi connectivity index (χ3n) is 5.62. The lowest BCUT2D eigenvalue weighted by Gasteiger charge is -2.20. The number of nitrogens with two attached hydrogens (primary N) is 1. The number of nitrogens with one attached hydrogen (secondary N) is 3. The molecule has 0 bridgehead atoms. The Labute approximate surface area is 224 Å². The number of carbonyl (C=O) groups excluding carboxylic acids is 3. The second-order valence-corrected chi connectivity index (χ2v) is 9.98. The predicted molar refractivity (Wildman–Crippen MR) is 138 cm³/mol. The lowest BCUT2D eigenvalue weighted by Crippen LogP contribution is -2.34. The summed E-state index contributed by atoms with van der Waals surface area (Å²) in [7, 11) is 0. The molecule has 0 fully saturated rings. The summed E-state index contributed by atoms with van der Waals surface area (Å²) in [5.41, 5.74) is 8.04. The minimum absolute atomic E-state index is 0.00212. The van der Waals surface area contributed by atoms with Crippen molar-refractivity contribution in [3.05, 3.63) is 58.7 Å². The van der Waals surface area contributed by atoms with Gasteiger partial charge in [0.1, 0.15) is 5.60 Å². The van der Waals surface area contributed by atoms with E-state index in [-0.39, 0.29) is 38.0 Å².